The highest BCUT2D eigenvalue weighted by atomic mass is 32.2. The van der Waals surface area contributed by atoms with Crippen LogP contribution in [0.3, 0.4) is 0 Å². The topological polar surface area (TPSA) is 81.7 Å². The predicted octanol–water partition coefficient (Wildman–Crippen LogP) is 4.26. The smallest absolute Gasteiger partial charge is 0.256 e. The number of thioether (sulfide) groups is 1. The van der Waals surface area contributed by atoms with Gasteiger partial charge in [0.05, 0.1) is 17.1 Å². The molecule has 0 unspecified atom stereocenters. The Morgan fingerprint density at radius 2 is 1.83 bits per heavy atom. The molecular weight excluding hydrogens is 422 g/mol. The van der Waals surface area contributed by atoms with E-state index in [1.54, 1.807) is 12.1 Å². The van der Waals surface area contributed by atoms with E-state index in [2.05, 4.69) is 5.32 Å². The summed E-state index contributed by atoms with van der Waals surface area (Å²) in [5.74, 6) is 1.00. The van der Waals surface area contributed by atoms with Gasteiger partial charge < -0.3 is 14.8 Å². The van der Waals surface area contributed by atoms with Crippen LogP contribution >= 0.6 is 11.8 Å². The molecule has 6 nitrogen and oxygen atoms in total. The van der Waals surface area contributed by atoms with Crippen LogP contribution in [0, 0.1) is 0 Å². The summed E-state index contributed by atoms with van der Waals surface area (Å²) in [6, 6.07) is 12.8. The lowest BCUT2D eigenvalue weighted by molar-refractivity contribution is -0.0716. The summed E-state index contributed by atoms with van der Waals surface area (Å²) in [5, 5.41) is 2.93. The Morgan fingerprint density at radius 3 is 2.60 bits per heavy atom. The van der Waals surface area contributed by atoms with Gasteiger partial charge >= 0.3 is 0 Å². The highest BCUT2D eigenvalue weighted by Gasteiger charge is 2.44. The van der Waals surface area contributed by atoms with Crippen molar-refractivity contribution >= 4 is 33.2 Å². The Morgan fingerprint density at radius 1 is 1.07 bits per heavy atom. The molecule has 1 spiro atoms. The number of hydrogen-bond acceptors (Lipinski definition) is 6. The van der Waals surface area contributed by atoms with Gasteiger partial charge in [0, 0.05) is 34.7 Å². The van der Waals surface area contributed by atoms with E-state index in [9.17, 15) is 13.2 Å². The summed E-state index contributed by atoms with van der Waals surface area (Å²) in [6.07, 6.45) is 4.56. The van der Waals surface area contributed by atoms with Crippen molar-refractivity contribution in [1.29, 1.82) is 0 Å². The molecule has 0 bridgehead atoms. The first-order valence-corrected chi connectivity index (χ1v) is 12.9. The summed E-state index contributed by atoms with van der Waals surface area (Å²) < 4.78 is 35.6. The molecule has 158 valence electrons. The van der Waals surface area contributed by atoms with Crippen LogP contribution < -0.4 is 14.8 Å². The Balaban J connectivity index is 1.31. The quantitative estimate of drug-likeness (QED) is 0.757. The zero-order chi connectivity index (χ0) is 20.8. The molecule has 2 aromatic rings. The maximum Gasteiger partial charge on any atom is 0.256 e. The van der Waals surface area contributed by atoms with Gasteiger partial charge in [-0.25, -0.2) is 8.42 Å². The number of nitrogens with one attached hydrogen (secondary N) is 1. The monoisotopic (exact) mass is 445 g/mol. The fraction of sp³-hybridized carbons (Fsp3) is 0.409. The van der Waals surface area contributed by atoms with Crippen LogP contribution in [0.2, 0.25) is 0 Å². The van der Waals surface area contributed by atoms with E-state index < -0.39 is 15.6 Å². The van der Waals surface area contributed by atoms with Gasteiger partial charge in [0.1, 0.15) is 0 Å². The molecule has 1 atom stereocenters. The third kappa shape index (κ3) is 3.90. The first-order chi connectivity index (χ1) is 14.4. The van der Waals surface area contributed by atoms with Gasteiger partial charge in [-0.1, -0.05) is 12.1 Å². The van der Waals surface area contributed by atoms with Crippen molar-refractivity contribution in [1.82, 2.24) is 0 Å². The van der Waals surface area contributed by atoms with Gasteiger partial charge in [-0.2, -0.15) is 0 Å². The van der Waals surface area contributed by atoms with E-state index in [1.807, 2.05) is 30.3 Å². The highest BCUT2D eigenvalue weighted by molar-refractivity contribution is 8.02. The molecule has 0 radical (unpaired) electrons. The van der Waals surface area contributed by atoms with E-state index in [0.717, 1.165) is 30.6 Å². The number of sulfone groups is 1. The molecule has 3 aliphatic rings. The normalized spacial score (nSPS) is 23.0. The molecule has 1 saturated carbocycles. The average Bonchev–Trinajstić information content (AvgIpc) is 3.40. The lowest BCUT2D eigenvalue weighted by Crippen LogP contribution is -2.34. The van der Waals surface area contributed by atoms with Crippen molar-refractivity contribution in [3.8, 4) is 11.5 Å². The molecule has 1 aliphatic carbocycles. The molecule has 8 heteroatoms. The maximum absolute atomic E-state index is 13.0. The van der Waals surface area contributed by atoms with Gasteiger partial charge in [-0.05, 0) is 43.5 Å². The lowest BCUT2D eigenvalue weighted by atomic mass is 10.2. The number of amides is 1. The maximum atomic E-state index is 13.0. The molecule has 30 heavy (non-hydrogen) atoms. The van der Waals surface area contributed by atoms with Crippen molar-refractivity contribution in [2.24, 2.45) is 0 Å². The molecule has 2 fully saturated rings. The van der Waals surface area contributed by atoms with Crippen molar-refractivity contribution in [3.05, 3.63) is 48.0 Å². The highest BCUT2D eigenvalue weighted by Crippen LogP contribution is 2.47. The third-order valence-corrected chi connectivity index (χ3v) is 9.10. The zero-order valence-electron chi connectivity index (χ0n) is 16.4. The van der Waals surface area contributed by atoms with Gasteiger partial charge in [0.25, 0.3) is 11.7 Å². The molecule has 2 aliphatic heterocycles. The molecular formula is C22H23NO5S2. The summed E-state index contributed by atoms with van der Waals surface area (Å²) in [4.78, 5) is 13.8. The summed E-state index contributed by atoms with van der Waals surface area (Å²) in [6.45, 7) is 0. The van der Waals surface area contributed by atoms with Crippen LogP contribution in [-0.4, -0.2) is 36.9 Å². The number of anilines is 1. The minimum Gasteiger partial charge on any atom is -0.448 e. The van der Waals surface area contributed by atoms with Crippen molar-refractivity contribution < 1.29 is 22.7 Å². The van der Waals surface area contributed by atoms with Gasteiger partial charge in [0.15, 0.2) is 21.3 Å². The van der Waals surface area contributed by atoms with Crippen LogP contribution in [0.25, 0.3) is 0 Å². The first-order valence-electron chi connectivity index (χ1n) is 10.2. The van der Waals surface area contributed by atoms with Crippen LogP contribution in [-0.2, 0) is 9.84 Å². The fourth-order valence-electron chi connectivity index (χ4n) is 4.28. The zero-order valence-corrected chi connectivity index (χ0v) is 18.1. The van der Waals surface area contributed by atoms with E-state index in [1.165, 1.54) is 11.8 Å². The Labute approximate surface area is 180 Å². The van der Waals surface area contributed by atoms with Crippen molar-refractivity contribution in [2.75, 3.05) is 16.8 Å². The average molecular weight is 446 g/mol. The lowest BCUT2D eigenvalue weighted by Gasteiger charge is -2.21. The predicted molar refractivity (Wildman–Crippen MR) is 116 cm³/mol. The Bertz CT molecular complexity index is 1090. The largest absolute Gasteiger partial charge is 0.448 e. The number of ether oxygens (including phenoxy) is 2. The molecule has 1 amide bonds. The molecule has 1 saturated heterocycles. The molecule has 1 N–H and O–H groups in total. The fourth-order valence-corrected chi connectivity index (χ4v) is 7.90. The van der Waals surface area contributed by atoms with E-state index in [-0.39, 0.29) is 22.7 Å². The molecule has 2 heterocycles. The number of carbonyl (C=O) groups excluding carboxylic acids is 1. The summed E-state index contributed by atoms with van der Waals surface area (Å²) in [7, 11) is -2.96. The van der Waals surface area contributed by atoms with Gasteiger partial charge in [-0.3, -0.25) is 4.79 Å². The first kappa shape index (κ1) is 19.8. The van der Waals surface area contributed by atoms with Gasteiger partial charge in [-0.15, -0.1) is 11.8 Å². The van der Waals surface area contributed by atoms with E-state index >= 15 is 0 Å². The second-order valence-corrected chi connectivity index (χ2v) is 11.6. The molecule has 5 rings (SSSR count). The minimum atomic E-state index is -2.96. The second kappa shape index (κ2) is 7.50. The SMILES string of the molecule is O=C(Nc1ccc2c(c1)OC1(CCCC1)O2)c1ccccc1S[C@H]1CCS(=O)(=O)C1. The van der Waals surface area contributed by atoms with Crippen molar-refractivity contribution in [3.63, 3.8) is 0 Å². The third-order valence-electron chi connectivity index (χ3n) is 5.77. The number of benzene rings is 2. The van der Waals surface area contributed by atoms with E-state index in [0.29, 0.717) is 29.2 Å². The number of carbonyl (C=O) groups is 1. The van der Waals surface area contributed by atoms with Crippen LogP contribution in [0.1, 0.15) is 42.5 Å². The van der Waals surface area contributed by atoms with Crippen LogP contribution in [0.4, 0.5) is 5.69 Å². The molecule has 0 aromatic heterocycles. The van der Waals surface area contributed by atoms with Crippen LogP contribution in [0.15, 0.2) is 47.4 Å². The van der Waals surface area contributed by atoms with Crippen molar-refractivity contribution in [2.45, 2.75) is 48.0 Å². The summed E-state index contributed by atoms with van der Waals surface area (Å²) in [5.41, 5.74) is 1.18. The minimum absolute atomic E-state index is 0.0166. The molecule has 2 aromatic carbocycles. The second-order valence-electron chi connectivity index (χ2n) is 8.08. The summed E-state index contributed by atoms with van der Waals surface area (Å²) >= 11 is 1.47. The van der Waals surface area contributed by atoms with Crippen LogP contribution in [0.5, 0.6) is 11.5 Å². The standard InChI is InChI=1S/C22H23NO5S2/c24-21(17-5-1-2-6-20(17)29-16-9-12-30(25,26)14-16)23-15-7-8-18-19(13-15)28-22(27-18)10-3-4-11-22/h1-2,5-8,13,16H,3-4,9-12,14H2,(H,23,24)/t16-/m0/s1. The number of hydrogen-bond donors (Lipinski definition) is 1. The Kier molecular flexibility index (Phi) is 4.94. The van der Waals surface area contributed by atoms with E-state index in [4.69, 9.17) is 9.47 Å². The number of rotatable bonds is 4. The number of fused-ring (bicyclic) bond motifs is 1. The van der Waals surface area contributed by atoms with Gasteiger partial charge in [0.2, 0.25) is 0 Å². The Hall–Kier alpha value is -2.19.